The van der Waals surface area contributed by atoms with Crippen LogP contribution in [0.3, 0.4) is 0 Å². The molecule has 1 aromatic rings. The van der Waals surface area contributed by atoms with Crippen LogP contribution >= 0.6 is 0 Å². The van der Waals surface area contributed by atoms with Gasteiger partial charge in [0.1, 0.15) is 0 Å². The van der Waals surface area contributed by atoms with Crippen LogP contribution < -0.4 is 20.3 Å². The molecule has 0 spiro atoms. The molecule has 1 saturated heterocycles. The lowest BCUT2D eigenvalue weighted by molar-refractivity contribution is 0.370. The Hall–Kier alpha value is -1.63. The lowest BCUT2D eigenvalue weighted by Crippen LogP contribution is -2.38. The van der Waals surface area contributed by atoms with Gasteiger partial charge in [0.15, 0.2) is 0 Å². The molecule has 1 aliphatic heterocycles. The van der Waals surface area contributed by atoms with Gasteiger partial charge >= 0.3 is 6.01 Å². The Morgan fingerprint density at radius 2 is 1.78 bits per heavy atom. The van der Waals surface area contributed by atoms with E-state index < -0.39 is 0 Å². The van der Waals surface area contributed by atoms with Crippen LogP contribution in [0.15, 0.2) is 0 Å². The largest absolute Gasteiger partial charge is 0.467 e. The number of rotatable bonds is 6. The smallest absolute Gasteiger partial charge is 0.322 e. The highest BCUT2D eigenvalue weighted by Gasteiger charge is 2.22. The molecule has 7 heteroatoms. The van der Waals surface area contributed by atoms with Crippen LogP contribution in [0.1, 0.15) is 39.5 Å². The number of aromatic nitrogens is 3. The molecule has 23 heavy (non-hydrogen) atoms. The third-order valence-corrected chi connectivity index (χ3v) is 4.22. The van der Waals surface area contributed by atoms with Gasteiger partial charge in [-0.05, 0) is 24.8 Å². The van der Waals surface area contributed by atoms with Gasteiger partial charge in [0.05, 0.1) is 7.11 Å². The highest BCUT2D eigenvalue weighted by Crippen LogP contribution is 2.22. The Labute approximate surface area is 139 Å². The van der Waals surface area contributed by atoms with Gasteiger partial charge in [-0.1, -0.05) is 26.7 Å². The topological polar surface area (TPSA) is 80.4 Å². The van der Waals surface area contributed by atoms with Gasteiger partial charge in [-0.15, -0.1) is 0 Å². The molecule has 2 N–H and O–H groups in total. The van der Waals surface area contributed by atoms with E-state index >= 15 is 0 Å². The Kier molecular flexibility index (Phi) is 5.98. The SMILES string of the molecule is COc1nc(N(C)CC(C)(C)CN)nc(N2CCCCCC2)n1. The van der Waals surface area contributed by atoms with Crippen LogP contribution in [0, 0.1) is 5.41 Å². The predicted octanol–water partition coefficient (Wildman–Crippen LogP) is 1.68. The zero-order valence-electron chi connectivity index (χ0n) is 14.9. The van der Waals surface area contributed by atoms with Crippen molar-refractivity contribution < 1.29 is 4.74 Å². The zero-order chi connectivity index (χ0) is 16.9. The summed E-state index contributed by atoms with van der Waals surface area (Å²) >= 11 is 0. The molecule has 2 heterocycles. The van der Waals surface area contributed by atoms with Gasteiger partial charge in [-0.3, -0.25) is 0 Å². The lowest BCUT2D eigenvalue weighted by Gasteiger charge is -2.29. The molecule has 0 aliphatic carbocycles. The Morgan fingerprint density at radius 3 is 2.35 bits per heavy atom. The third kappa shape index (κ3) is 4.92. The highest BCUT2D eigenvalue weighted by molar-refractivity contribution is 5.40. The van der Waals surface area contributed by atoms with Crippen molar-refractivity contribution in [2.75, 3.05) is 50.1 Å². The van der Waals surface area contributed by atoms with Crippen molar-refractivity contribution in [3.05, 3.63) is 0 Å². The number of ether oxygens (including phenoxy) is 1. The maximum Gasteiger partial charge on any atom is 0.322 e. The summed E-state index contributed by atoms with van der Waals surface area (Å²) in [4.78, 5) is 17.8. The first-order chi connectivity index (χ1) is 10.9. The molecular formula is C16H30N6O. The first-order valence-electron chi connectivity index (χ1n) is 8.41. The van der Waals surface area contributed by atoms with Gasteiger partial charge < -0.3 is 20.3 Å². The van der Waals surface area contributed by atoms with Gasteiger partial charge in [0, 0.05) is 26.7 Å². The second kappa shape index (κ2) is 7.77. The summed E-state index contributed by atoms with van der Waals surface area (Å²) < 4.78 is 5.28. The highest BCUT2D eigenvalue weighted by atomic mass is 16.5. The number of nitrogens with zero attached hydrogens (tertiary/aromatic N) is 5. The lowest BCUT2D eigenvalue weighted by atomic mass is 9.93. The molecule has 2 rings (SSSR count). The van der Waals surface area contributed by atoms with Crippen molar-refractivity contribution in [1.29, 1.82) is 0 Å². The van der Waals surface area contributed by atoms with Crippen molar-refractivity contribution in [3.63, 3.8) is 0 Å². The standard InChI is InChI=1S/C16H30N6O/c1-16(2,11-17)12-21(3)13-18-14(20-15(19-13)23-4)22-9-7-5-6-8-10-22/h5-12,17H2,1-4H3. The Bertz CT molecular complexity index is 499. The molecule has 1 aromatic heterocycles. The van der Waals surface area contributed by atoms with E-state index in [-0.39, 0.29) is 5.41 Å². The van der Waals surface area contributed by atoms with E-state index in [9.17, 15) is 0 Å². The van der Waals surface area contributed by atoms with E-state index in [4.69, 9.17) is 10.5 Å². The Morgan fingerprint density at radius 1 is 1.13 bits per heavy atom. The molecule has 130 valence electrons. The van der Waals surface area contributed by atoms with Gasteiger partial charge in [0.25, 0.3) is 0 Å². The summed E-state index contributed by atoms with van der Waals surface area (Å²) in [6, 6.07) is 0.367. The fourth-order valence-electron chi connectivity index (χ4n) is 2.79. The van der Waals surface area contributed by atoms with E-state index in [2.05, 4.69) is 33.7 Å². The summed E-state index contributed by atoms with van der Waals surface area (Å²) in [5.41, 5.74) is 5.84. The third-order valence-electron chi connectivity index (χ3n) is 4.22. The van der Waals surface area contributed by atoms with Crippen LogP contribution in [-0.2, 0) is 0 Å². The van der Waals surface area contributed by atoms with Crippen molar-refractivity contribution in [2.45, 2.75) is 39.5 Å². The second-order valence-corrected chi connectivity index (χ2v) is 7.05. The fraction of sp³-hybridized carbons (Fsp3) is 0.812. The second-order valence-electron chi connectivity index (χ2n) is 7.05. The molecule has 0 radical (unpaired) electrons. The summed E-state index contributed by atoms with van der Waals surface area (Å²) in [5, 5.41) is 0. The van der Waals surface area contributed by atoms with Gasteiger partial charge in [-0.2, -0.15) is 15.0 Å². The normalized spacial score (nSPS) is 16.1. The van der Waals surface area contributed by atoms with Gasteiger partial charge in [-0.25, -0.2) is 0 Å². The van der Waals surface area contributed by atoms with Crippen LogP contribution in [-0.4, -0.2) is 55.3 Å². The van der Waals surface area contributed by atoms with Crippen molar-refractivity contribution in [3.8, 4) is 6.01 Å². The first-order valence-corrected chi connectivity index (χ1v) is 8.41. The van der Waals surface area contributed by atoms with Crippen molar-refractivity contribution >= 4 is 11.9 Å². The van der Waals surface area contributed by atoms with Crippen LogP contribution in [0.25, 0.3) is 0 Å². The quantitative estimate of drug-likeness (QED) is 0.853. The number of hydrogen-bond donors (Lipinski definition) is 1. The summed E-state index contributed by atoms with van der Waals surface area (Å²) in [5.74, 6) is 1.35. The molecule has 1 aliphatic rings. The molecular weight excluding hydrogens is 292 g/mol. The average Bonchev–Trinajstić information content (AvgIpc) is 2.83. The number of anilines is 2. The van der Waals surface area contributed by atoms with E-state index in [1.54, 1.807) is 7.11 Å². The molecule has 7 nitrogen and oxygen atoms in total. The molecule has 0 aromatic carbocycles. The van der Waals surface area contributed by atoms with Crippen LogP contribution in [0.4, 0.5) is 11.9 Å². The average molecular weight is 322 g/mol. The number of methoxy groups -OCH3 is 1. The molecule has 0 bridgehead atoms. The van der Waals surface area contributed by atoms with Crippen molar-refractivity contribution in [1.82, 2.24) is 15.0 Å². The minimum Gasteiger partial charge on any atom is -0.467 e. The summed E-state index contributed by atoms with van der Waals surface area (Å²) in [7, 11) is 3.58. The van der Waals surface area contributed by atoms with Crippen molar-refractivity contribution in [2.24, 2.45) is 11.1 Å². The maximum atomic E-state index is 5.84. The zero-order valence-corrected chi connectivity index (χ0v) is 14.9. The minimum absolute atomic E-state index is 0.00260. The molecule has 0 atom stereocenters. The van der Waals surface area contributed by atoms with Gasteiger partial charge in [0.2, 0.25) is 11.9 Å². The number of nitrogens with two attached hydrogens (primary N) is 1. The Balaban J connectivity index is 2.23. The fourth-order valence-corrected chi connectivity index (χ4v) is 2.79. The summed E-state index contributed by atoms with van der Waals surface area (Å²) in [6.07, 6.45) is 4.91. The first kappa shape index (κ1) is 17.7. The minimum atomic E-state index is -0.00260. The van der Waals surface area contributed by atoms with E-state index in [0.717, 1.165) is 19.6 Å². The van der Waals surface area contributed by atoms with E-state index in [1.165, 1.54) is 25.7 Å². The molecule has 0 unspecified atom stereocenters. The number of hydrogen-bond acceptors (Lipinski definition) is 7. The monoisotopic (exact) mass is 322 g/mol. The summed E-state index contributed by atoms with van der Waals surface area (Å²) in [6.45, 7) is 7.64. The molecule has 1 fully saturated rings. The molecule has 0 amide bonds. The van der Waals surface area contributed by atoms with E-state index in [0.29, 0.717) is 24.5 Å². The predicted molar refractivity (Wildman–Crippen MR) is 93.2 cm³/mol. The van der Waals surface area contributed by atoms with Crippen LogP contribution in [0.2, 0.25) is 0 Å². The van der Waals surface area contributed by atoms with Crippen LogP contribution in [0.5, 0.6) is 6.01 Å². The maximum absolute atomic E-state index is 5.84. The van der Waals surface area contributed by atoms with E-state index in [1.807, 2.05) is 11.9 Å². The molecule has 0 saturated carbocycles.